The minimum absolute atomic E-state index is 0.497. The molecule has 0 saturated heterocycles. The molecule has 6 heteroatoms. The number of carbonyl (C=O) groups is 1. The van der Waals surface area contributed by atoms with Gasteiger partial charge in [-0.05, 0) is 0 Å². The van der Waals surface area contributed by atoms with E-state index in [1.165, 1.54) is 0 Å². The second kappa shape index (κ2) is 3.68. The van der Waals surface area contributed by atoms with Gasteiger partial charge in [0.25, 0.3) is 0 Å². The molecule has 0 heterocycles. The summed E-state index contributed by atoms with van der Waals surface area (Å²) in [6.07, 6.45) is 0. The highest BCUT2D eigenvalue weighted by Gasteiger charge is 2.00. The molecule has 0 spiro atoms. The average Bonchev–Trinajstić information content (AvgIpc) is 1.64. The lowest BCUT2D eigenvalue weighted by molar-refractivity contribution is 0.246. The van der Waals surface area contributed by atoms with Gasteiger partial charge in [0.2, 0.25) is 0 Å². The van der Waals surface area contributed by atoms with Gasteiger partial charge in [-0.15, -0.1) is 0 Å². The summed E-state index contributed by atoms with van der Waals surface area (Å²) in [6, 6.07) is -0.565. The van der Waals surface area contributed by atoms with Gasteiger partial charge >= 0.3 is 6.03 Å². The second-order valence-corrected chi connectivity index (χ2v) is 3.33. The number of rotatable bonds is 0. The van der Waals surface area contributed by atoms with Crippen LogP contribution >= 0.6 is 48.4 Å². The van der Waals surface area contributed by atoms with Crippen LogP contribution in [0.3, 0.4) is 0 Å². The molecule has 0 rings (SSSR count). The van der Waals surface area contributed by atoms with Gasteiger partial charge in [-0.1, -0.05) is 0 Å². The Morgan fingerprint density at radius 1 is 1.86 bits per heavy atom. The Labute approximate surface area is 67.9 Å². The Kier molecular flexibility index (Phi) is 3.07. The molecule has 0 radical (unpaired) electrons. The third-order valence-corrected chi connectivity index (χ3v) is 1.13. The summed E-state index contributed by atoms with van der Waals surface area (Å²) in [4.78, 5) is 10.4. The van der Waals surface area contributed by atoms with Crippen molar-refractivity contribution in [3.8, 4) is 0 Å². The van der Waals surface area contributed by atoms with E-state index >= 15 is 0 Å². The molecule has 0 fully saturated rings. The molecule has 42 valence electrons. The molecule has 0 aliphatic heterocycles. The molecule has 0 aromatic rings. The van der Waals surface area contributed by atoms with Crippen LogP contribution in [0.15, 0.2) is 0 Å². The van der Waals surface area contributed by atoms with Gasteiger partial charge in [-0.3, -0.25) is 4.34 Å². The van der Waals surface area contributed by atoms with E-state index in [1.54, 1.807) is 0 Å². The molecule has 0 aromatic heterocycles. The highest BCUT2D eigenvalue weighted by atomic mass is 79.9. The van der Waals surface area contributed by atoms with Crippen LogP contribution in [0.25, 0.3) is 0 Å². The zero-order valence-electron chi connectivity index (χ0n) is 3.94. The molecule has 2 amide bonds. The lowest BCUT2D eigenvalue weighted by atomic mass is 11.2. The maximum absolute atomic E-state index is 10.4. The molecule has 7 heavy (non-hydrogen) atoms. The van der Waals surface area contributed by atoms with Crippen molar-refractivity contribution in [1.82, 2.24) is 7.29 Å². The summed E-state index contributed by atoms with van der Waals surface area (Å²) in [5.41, 5.74) is 0. The van der Waals surface area contributed by atoms with Crippen LogP contribution in [-0.4, -0.2) is 8.98 Å². The second-order valence-electron chi connectivity index (χ2n) is 0.600. The van der Waals surface area contributed by atoms with E-state index in [9.17, 15) is 4.79 Å². The van der Waals surface area contributed by atoms with Crippen molar-refractivity contribution in [3.05, 3.63) is 0 Å². The van der Waals surface area contributed by atoms with Gasteiger partial charge in [0, 0.05) is 0 Å². The number of hydrogen-bond donors (Lipinski definition) is 1. The van der Waals surface area contributed by atoms with E-state index in [-0.39, 0.29) is 0 Å². The van der Waals surface area contributed by atoms with E-state index in [2.05, 4.69) is 48.4 Å². The maximum Gasteiger partial charge on any atom is 0.347 e. The van der Waals surface area contributed by atoms with Gasteiger partial charge in [-0.25, -0.2) is 4.79 Å². The third kappa shape index (κ3) is 3.31. The summed E-state index contributed by atoms with van der Waals surface area (Å²) in [5.74, 6) is 0. The summed E-state index contributed by atoms with van der Waals surface area (Å²) in [6.45, 7) is 0. The first kappa shape index (κ1) is 5.84. The van der Waals surface area contributed by atoms with Crippen LogP contribution in [0.2, 0.25) is 1.41 Å². The van der Waals surface area contributed by atoms with Crippen molar-refractivity contribution >= 4 is 54.5 Å². The van der Waals surface area contributed by atoms with Gasteiger partial charge in [0.1, 0.15) is 0 Å². The minimum atomic E-state index is -0.565. The summed E-state index contributed by atoms with van der Waals surface area (Å²) < 4.78 is 8.03. The van der Waals surface area contributed by atoms with Crippen molar-refractivity contribution in [3.63, 3.8) is 0 Å². The van der Waals surface area contributed by atoms with Crippen LogP contribution in [0.4, 0.5) is 4.79 Å². The number of urea groups is 1. The first-order valence-electron chi connectivity index (χ1n) is 1.61. The number of amides is 2. The molecule has 0 atom stereocenters. The number of nitrogens with one attached hydrogen (secondary N) is 1. The van der Waals surface area contributed by atoms with E-state index < -0.39 is 6.03 Å². The maximum atomic E-state index is 10.4. The Morgan fingerprint density at radius 2 is 2.29 bits per heavy atom. The molecule has 3 nitrogen and oxygen atoms in total. The lowest BCUT2D eigenvalue weighted by Crippen LogP contribution is -2.18. The zero-order valence-corrected chi connectivity index (χ0v) is 7.69. The summed E-state index contributed by atoms with van der Waals surface area (Å²) in [7, 11) is 0. The molecule has 0 aliphatic rings. The number of hydrogen-bond acceptors (Lipinski definition) is 1. The molecular weight excluding hydrogens is 296 g/mol. The predicted molar refractivity (Wildman–Crippen MR) is 37.2 cm³/mol. The number of nitrogens with zero attached hydrogens (tertiary/aromatic N) is 1. The van der Waals surface area contributed by atoms with E-state index in [4.69, 9.17) is 1.41 Å². The van der Waals surface area contributed by atoms with E-state index in [1.807, 2.05) is 0 Å². The minimum Gasteiger partial charge on any atom is -0.273 e. The van der Waals surface area contributed by atoms with Crippen molar-refractivity contribution < 1.29 is 6.21 Å². The van der Waals surface area contributed by atoms with Gasteiger partial charge in [-0.2, -0.15) is 2.95 Å². The molecule has 1 N–H and O–H groups in total. The standard InChI is InChI=1S/CHBr3N2O/c2-5-1(7)6(3)4/h(H,5,7)/i/hD. The zero-order chi connectivity index (χ0) is 6.73. The van der Waals surface area contributed by atoms with Crippen LogP contribution in [0.1, 0.15) is 0 Å². The molecule has 0 unspecified atom stereocenters. The SMILES string of the molecule is [2H]N(Br)C(=O)N(Br)Br. The monoisotopic (exact) mass is 295 g/mol. The Hall–Kier alpha value is 0.710. The fourth-order valence-electron chi connectivity index (χ4n) is 0.0286. The van der Waals surface area contributed by atoms with Crippen LogP contribution in [0.5, 0.6) is 0 Å². The fourth-order valence-corrected chi connectivity index (χ4v) is 0.771. The van der Waals surface area contributed by atoms with Crippen LogP contribution in [-0.2, 0) is 0 Å². The average molecular weight is 298 g/mol. The van der Waals surface area contributed by atoms with Gasteiger partial charge in [0.15, 0.2) is 1.41 Å². The van der Waals surface area contributed by atoms with E-state index in [0.717, 1.165) is 2.95 Å². The Balaban J connectivity index is 3.65. The highest BCUT2D eigenvalue weighted by molar-refractivity contribution is 9.21. The third-order valence-electron chi connectivity index (χ3n) is 0.217. The molecular formula is CHBr3N2O. The molecule has 0 bridgehead atoms. The Bertz CT molecular complexity index is 85.3. The quantitative estimate of drug-likeness (QED) is 0.681. The predicted octanol–water partition coefficient (Wildman–Crippen LogP) is 1.93. The molecule has 0 aliphatic carbocycles. The van der Waals surface area contributed by atoms with Crippen LogP contribution in [0, 0.1) is 0 Å². The first-order valence-corrected chi connectivity index (χ1v) is 3.29. The summed E-state index contributed by atoms with van der Waals surface area (Å²) in [5, 5.41) is 0. The summed E-state index contributed by atoms with van der Waals surface area (Å²) >= 11 is 8.09. The Morgan fingerprint density at radius 3 is 2.29 bits per heavy atom. The first-order chi connectivity index (χ1) is 3.55. The lowest BCUT2D eigenvalue weighted by Gasteiger charge is -1.98. The van der Waals surface area contributed by atoms with Gasteiger partial charge < -0.3 is 0 Å². The van der Waals surface area contributed by atoms with E-state index in [0.29, 0.717) is 4.34 Å². The number of carbonyl (C=O) groups excluding carboxylic acids is 1. The fraction of sp³-hybridized carbons (Fsp3) is 0. The normalized spacial score (nSPS) is 9.86. The number of halogens is 3. The van der Waals surface area contributed by atoms with Crippen molar-refractivity contribution in [2.45, 2.75) is 0 Å². The van der Waals surface area contributed by atoms with Crippen LogP contribution < -0.4 is 4.34 Å². The van der Waals surface area contributed by atoms with Crippen molar-refractivity contribution in [2.75, 3.05) is 0 Å². The van der Waals surface area contributed by atoms with Gasteiger partial charge in [0.05, 0.1) is 48.4 Å². The highest BCUT2D eigenvalue weighted by Crippen LogP contribution is 2.04. The molecule has 0 aromatic carbocycles. The van der Waals surface area contributed by atoms with Crippen molar-refractivity contribution in [1.29, 1.82) is 0 Å². The molecule has 0 saturated carbocycles. The van der Waals surface area contributed by atoms with Crippen molar-refractivity contribution in [2.24, 2.45) is 0 Å². The smallest absolute Gasteiger partial charge is 0.273 e. The topological polar surface area (TPSA) is 32.3 Å². The largest absolute Gasteiger partial charge is 0.347 e.